The molecule has 5 heteroatoms. The molecule has 1 aliphatic heterocycles. The molecular weight excluding hydrogens is 274 g/mol. The predicted octanol–water partition coefficient (Wildman–Crippen LogP) is 2.25. The van der Waals surface area contributed by atoms with Gasteiger partial charge in [0, 0.05) is 23.1 Å². The summed E-state index contributed by atoms with van der Waals surface area (Å²) < 4.78 is 7.25. The molecule has 2 heterocycles. The van der Waals surface area contributed by atoms with Gasteiger partial charge in [-0.25, -0.2) is 9.59 Å². The molecule has 16 heavy (non-hydrogen) atoms. The van der Waals surface area contributed by atoms with Crippen LogP contribution in [-0.2, 0) is 11.8 Å². The van der Waals surface area contributed by atoms with Crippen molar-refractivity contribution in [1.82, 2.24) is 4.57 Å². The van der Waals surface area contributed by atoms with Crippen LogP contribution in [0.2, 0.25) is 0 Å². The van der Waals surface area contributed by atoms with Gasteiger partial charge in [-0.1, -0.05) is 15.9 Å². The summed E-state index contributed by atoms with van der Waals surface area (Å²) in [6.45, 7) is 0. The molecular formula is C11H6BrNO3. The fourth-order valence-corrected chi connectivity index (χ4v) is 2.44. The van der Waals surface area contributed by atoms with Gasteiger partial charge in [0.15, 0.2) is 0 Å². The van der Waals surface area contributed by atoms with Crippen LogP contribution in [0, 0.1) is 0 Å². The lowest BCUT2D eigenvalue weighted by Gasteiger charge is -2.10. The zero-order valence-corrected chi connectivity index (χ0v) is 9.87. The molecule has 0 saturated carbocycles. The molecule has 0 saturated heterocycles. The third-order valence-corrected chi connectivity index (χ3v) is 3.14. The average Bonchev–Trinajstić information content (AvgIpc) is 2.54. The van der Waals surface area contributed by atoms with Crippen LogP contribution in [0.1, 0.15) is 20.7 Å². The molecule has 0 bridgehead atoms. The highest BCUT2D eigenvalue weighted by Gasteiger charge is 2.29. The monoisotopic (exact) mass is 279 g/mol. The highest BCUT2D eigenvalue weighted by Crippen LogP contribution is 2.32. The summed E-state index contributed by atoms with van der Waals surface area (Å²) in [6, 6.07) is 3.54. The summed E-state index contributed by atoms with van der Waals surface area (Å²) in [5, 5.41) is 0.673. The van der Waals surface area contributed by atoms with Gasteiger partial charge in [0.25, 0.3) is 0 Å². The van der Waals surface area contributed by atoms with Crippen molar-refractivity contribution in [2.24, 2.45) is 7.05 Å². The highest BCUT2D eigenvalue weighted by atomic mass is 79.9. The molecule has 4 nitrogen and oxygen atoms in total. The first-order valence-electron chi connectivity index (χ1n) is 4.63. The minimum atomic E-state index is -0.588. The lowest BCUT2D eigenvalue weighted by molar-refractivity contribution is 0.0391. The molecule has 0 fully saturated rings. The van der Waals surface area contributed by atoms with E-state index in [1.807, 2.05) is 13.1 Å². The van der Waals surface area contributed by atoms with Crippen molar-refractivity contribution in [1.29, 1.82) is 0 Å². The van der Waals surface area contributed by atoms with Gasteiger partial charge in [0.2, 0.25) is 0 Å². The molecule has 0 unspecified atom stereocenters. The Balaban J connectivity index is 2.56. The number of nitrogens with zero attached hydrogens (tertiary/aromatic N) is 1. The summed E-state index contributed by atoms with van der Waals surface area (Å²) >= 11 is 3.33. The normalized spacial score (nSPS) is 14.4. The molecule has 2 aromatic rings. The van der Waals surface area contributed by atoms with E-state index < -0.39 is 11.9 Å². The van der Waals surface area contributed by atoms with E-state index in [1.165, 1.54) is 0 Å². The van der Waals surface area contributed by atoms with Gasteiger partial charge in [0.05, 0.1) is 16.6 Å². The largest absolute Gasteiger partial charge is 0.386 e. The Kier molecular flexibility index (Phi) is 1.77. The van der Waals surface area contributed by atoms with Gasteiger partial charge in [-0.05, 0) is 12.1 Å². The summed E-state index contributed by atoms with van der Waals surface area (Å²) in [6.07, 6.45) is 1.68. The molecule has 1 aromatic heterocycles. The topological polar surface area (TPSA) is 48.3 Å². The first kappa shape index (κ1) is 9.59. The van der Waals surface area contributed by atoms with Gasteiger partial charge in [-0.3, -0.25) is 0 Å². The number of cyclic esters (lactones) is 2. The van der Waals surface area contributed by atoms with E-state index in [0.29, 0.717) is 16.5 Å². The lowest BCUT2D eigenvalue weighted by atomic mass is 10.0. The molecule has 1 aromatic carbocycles. The molecule has 3 rings (SSSR count). The maximum Gasteiger partial charge on any atom is 0.348 e. The molecule has 80 valence electrons. The van der Waals surface area contributed by atoms with Crippen LogP contribution in [0.25, 0.3) is 10.9 Å². The molecule has 0 amide bonds. The number of esters is 2. The standard InChI is InChI=1S/C11H6BrNO3/c1-13-4-7-9-6(10(14)16-11(7)15)2-5(12)3-8(9)13/h2-4H,1H3. The van der Waals surface area contributed by atoms with Crippen molar-refractivity contribution in [2.45, 2.75) is 0 Å². The molecule has 0 atom stereocenters. The second kappa shape index (κ2) is 2.95. The molecule has 1 aliphatic rings. The van der Waals surface area contributed by atoms with E-state index in [-0.39, 0.29) is 0 Å². The fourth-order valence-electron chi connectivity index (χ4n) is 1.99. The number of benzene rings is 1. The molecule has 0 spiro atoms. The van der Waals surface area contributed by atoms with Crippen LogP contribution in [0.3, 0.4) is 0 Å². The van der Waals surface area contributed by atoms with Crippen molar-refractivity contribution in [2.75, 3.05) is 0 Å². The minimum absolute atomic E-state index is 0.430. The first-order valence-corrected chi connectivity index (χ1v) is 5.42. The average molecular weight is 280 g/mol. The van der Waals surface area contributed by atoms with Crippen molar-refractivity contribution in [3.05, 3.63) is 33.9 Å². The SMILES string of the molecule is Cn1cc2c3c(cc(Br)cc31)C(=O)OC2=O. The molecule has 0 radical (unpaired) electrons. The third-order valence-electron chi connectivity index (χ3n) is 2.68. The fraction of sp³-hybridized carbons (Fsp3) is 0.0909. The summed E-state index contributed by atoms with van der Waals surface area (Å²) in [5.74, 6) is -1.17. The number of aromatic nitrogens is 1. The van der Waals surface area contributed by atoms with Crippen molar-refractivity contribution >= 4 is 38.8 Å². The smallest absolute Gasteiger partial charge is 0.348 e. The zero-order valence-electron chi connectivity index (χ0n) is 8.28. The third kappa shape index (κ3) is 1.09. The summed E-state index contributed by atoms with van der Waals surface area (Å²) in [5.41, 5.74) is 1.71. The van der Waals surface area contributed by atoms with E-state index in [9.17, 15) is 9.59 Å². The summed E-state index contributed by atoms with van der Waals surface area (Å²) in [4.78, 5) is 23.1. The van der Waals surface area contributed by atoms with Crippen LogP contribution in [0.5, 0.6) is 0 Å². The predicted molar refractivity (Wildman–Crippen MR) is 60.4 cm³/mol. The van der Waals surface area contributed by atoms with Gasteiger partial charge in [0.1, 0.15) is 0 Å². The lowest BCUT2D eigenvalue weighted by Crippen LogP contribution is -2.18. The number of carbonyl (C=O) groups excluding carboxylic acids is 2. The summed E-state index contributed by atoms with van der Waals surface area (Å²) in [7, 11) is 1.82. The molecule has 0 N–H and O–H groups in total. The van der Waals surface area contributed by atoms with E-state index >= 15 is 0 Å². The Labute approximate surface area is 98.9 Å². The number of halogens is 1. The number of rotatable bonds is 0. The van der Waals surface area contributed by atoms with Gasteiger partial charge >= 0.3 is 11.9 Å². The van der Waals surface area contributed by atoms with Crippen LogP contribution < -0.4 is 0 Å². The Morgan fingerprint density at radius 1 is 1.19 bits per heavy atom. The number of carbonyl (C=O) groups is 2. The maximum absolute atomic E-state index is 11.6. The van der Waals surface area contributed by atoms with Crippen molar-refractivity contribution < 1.29 is 14.3 Å². The van der Waals surface area contributed by atoms with E-state index in [4.69, 9.17) is 0 Å². The van der Waals surface area contributed by atoms with Gasteiger partial charge in [-0.2, -0.15) is 0 Å². The Bertz CT molecular complexity index is 657. The first-order chi connectivity index (χ1) is 7.58. The van der Waals surface area contributed by atoms with Gasteiger partial charge in [-0.15, -0.1) is 0 Å². The number of hydrogen-bond acceptors (Lipinski definition) is 3. The maximum atomic E-state index is 11.6. The van der Waals surface area contributed by atoms with Crippen molar-refractivity contribution in [3.8, 4) is 0 Å². The van der Waals surface area contributed by atoms with E-state index in [1.54, 1.807) is 16.8 Å². The number of ether oxygens (including phenoxy) is 1. The molecule has 0 aliphatic carbocycles. The number of aryl methyl sites for hydroxylation is 1. The van der Waals surface area contributed by atoms with Gasteiger partial charge < -0.3 is 9.30 Å². The van der Waals surface area contributed by atoms with E-state index in [0.717, 1.165) is 9.99 Å². The quantitative estimate of drug-likeness (QED) is 0.549. The minimum Gasteiger partial charge on any atom is -0.386 e. The highest BCUT2D eigenvalue weighted by molar-refractivity contribution is 9.10. The van der Waals surface area contributed by atoms with Crippen molar-refractivity contribution in [3.63, 3.8) is 0 Å². The van der Waals surface area contributed by atoms with E-state index in [2.05, 4.69) is 20.7 Å². The van der Waals surface area contributed by atoms with Crippen LogP contribution in [-0.4, -0.2) is 16.5 Å². The van der Waals surface area contributed by atoms with Crippen LogP contribution in [0.4, 0.5) is 0 Å². The zero-order chi connectivity index (χ0) is 11.4. The Morgan fingerprint density at radius 3 is 2.62 bits per heavy atom. The Hall–Kier alpha value is -1.62. The second-order valence-electron chi connectivity index (χ2n) is 3.68. The second-order valence-corrected chi connectivity index (χ2v) is 4.59. The Morgan fingerprint density at radius 2 is 1.88 bits per heavy atom. The van der Waals surface area contributed by atoms with Crippen LogP contribution in [0.15, 0.2) is 22.8 Å². The number of hydrogen-bond donors (Lipinski definition) is 0. The van der Waals surface area contributed by atoms with Crippen LogP contribution >= 0.6 is 15.9 Å².